The third-order valence-corrected chi connectivity index (χ3v) is 13.2. The largest absolute Gasteiger partial charge is 0.370 e. The molecule has 0 aromatic carbocycles. The van der Waals surface area contributed by atoms with Gasteiger partial charge in [0.15, 0.2) is 12.1 Å². The zero-order chi connectivity index (χ0) is 25.7. The maximum Gasteiger partial charge on any atom is 0.215 e. The Balaban J connectivity index is 1.30. The molecule has 0 aromatic rings. The average Bonchev–Trinajstić information content (AvgIpc) is 3.48. The molecule has 1 heterocycles. The predicted molar refractivity (Wildman–Crippen MR) is 133 cm³/mol. The lowest BCUT2D eigenvalue weighted by Crippen LogP contribution is -2.59. The van der Waals surface area contributed by atoms with E-state index in [1.54, 1.807) is 0 Å². The first-order chi connectivity index (χ1) is 17.0. The van der Waals surface area contributed by atoms with Crippen molar-refractivity contribution >= 4 is 18.4 Å². The quantitative estimate of drug-likeness (QED) is 0.386. The van der Waals surface area contributed by atoms with Gasteiger partial charge in [-0.05, 0) is 90.8 Å². The molecule has 200 valence electrons. The SMILES string of the molecule is C[C@@H]1CCOC2C(=O)[C@@]3(C)C4CC[C@H]5C(C)(C)[C@@H](O[C@@H](C=O)OCC=O)CC[C@@]56CC46CC[C@]3(C)[C@H]21. The van der Waals surface area contributed by atoms with Crippen molar-refractivity contribution < 1.29 is 28.6 Å². The predicted octanol–water partition coefficient (Wildman–Crippen LogP) is 4.77. The molecule has 6 aliphatic rings. The Labute approximate surface area is 215 Å². The number of carbonyl (C=O) groups excluding carboxylic acids is 3. The van der Waals surface area contributed by atoms with Crippen molar-refractivity contribution in [3.63, 3.8) is 0 Å². The highest BCUT2D eigenvalue weighted by Crippen LogP contribution is 2.88. The van der Waals surface area contributed by atoms with E-state index in [2.05, 4.69) is 34.6 Å². The molecule has 6 nitrogen and oxygen atoms in total. The molecular formula is C30H44O6. The highest BCUT2D eigenvalue weighted by molar-refractivity contribution is 5.93. The van der Waals surface area contributed by atoms with Gasteiger partial charge in [-0.3, -0.25) is 9.59 Å². The molecule has 0 amide bonds. The van der Waals surface area contributed by atoms with Crippen LogP contribution >= 0.6 is 0 Å². The Morgan fingerprint density at radius 2 is 1.72 bits per heavy atom. The van der Waals surface area contributed by atoms with Crippen molar-refractivity contribution in [1.82, 2.24) is 0 Å². The maximum atomic E-state index is 14.2. The molecule has 6 heteroatoms. The van der Waals surface area contributed by atoms with E-state index in [4.69, 9.17) is 14.2 Å². The molecule has 11 atom stereocenters. The molecule has 0 bridgehead atoms. The fourth-order valence-corrected chi connectivity index (χ4v) is 11.5. The van der Waals surface area contributed by atoms with Crippen molar-refractivity contribution in [2.75, 3.05) is 13.2 Å². The number of ketones is 1. The first kappa shape index (κ1) is 25.2. The Hall–Kier alpha value is -1.11. The van der Waals surface area contributed by atoms with Crippen molar-refractivity contribution in [2.45, 2.75) is 104 Å². The third-order valence-electron chi connectivity index (χ3n) is 13.2. The second-order valence-corrected chi connectivity index (χ2v) is 14.2. The molecule has 2 spiro atoms. The van der Waals surface area contributed by atoms with Crippen LogP contribution in [0.1, 0.15) is 86.0 Å². The molecule has 5 saturated carbocycles. The number of aldehydes is 2. The molecule has 0 N–H and O–H groups in total. The van der Waals surface area contributed by atoms with E-state index in [-0.39, 0.29) is 45.9 Å². The van der Waals surface area contributed by atoms with E-state index >= 15 is 0 Å². The molecule has 0 aromatic heterocycles. The van der Waals surface area contributed by atoms with Crippen LogP contribution in [0.25, 0.3) is 0 Å². The first-order valence-corrected chi connectivity index (χ1v) is 14.4. The number of rotatable bonds is 6. The van der Waals surface area contributed by atoms with Gasteiger partial charge in [0.05, 0.1) is 6.10 Å². The fourth-order valence-electron chi connectivity index (χ4n) is 11.5. The van der Waals surface area contributed by atoms with Gasteiger partial charge in [-0.2, -0.15) is 0 Å². The number of carbonyl (C=O) groups is 3. The molecular weight excluding hydrogens is 456 g/mol. The lowest BCUT2D eigenvalue weighted by molar-refractivity contribution is -0.220. The van der Waals surface area contributed by atoms with Gasteiger partial charge in [-0.1, -0.05) is 34.6 Å². The highest BCUT2D eigenvalue weighted by atomic mass is 16.7. The van der Waals surface area contributed by atoms with Crippen molar-refractivity contribution in [3.8, 4) is 0 Å². The van der Waals surface area contributed by atoms with Crippen LogP contribution in [0.3, 0.4) is 0 Å². The number of hydrogen-bond donors (Lipinski definition) is 0. The van der Waals surface area contributed by atoms with Crippen LogP contribution in [-0.4, -0.2) is 50.1 Å². The smallest absolute Gasteiger partial charge is 0.215 e. The molecule has 36 heavy (non-hydrogen) atoms. The summed E-state index contributed by atoms with van der Waals surface area (Å²) in [5, 5.41) is 0. The molecule has 0 radical (unpaired) electrons. The van der Waals surface area contributed by atoms with Gasteiger partial charge in [0.2, 0.25) is 6.29 Å². The number of hydrogen-bond acceptors (Lipinski definition) is 6. The summed E-state index contributed by atoms with van der Waals surface area (Å²) in [6.07, 6.45) is 8.85. The van der Waals surface area contributed by atoms with E-state index < -0.39 is 6.29 Å². The minimum absolute atomic E-state index is 0.0179. The lowest BCUT2D eigenvalue weighted by Gasteiger charge is -2.62. The van der Waals surface area contributed by atoms with Crippen LogP contribution in [0.4, 0.5) is 0 Å². The van der Waals surface area contributed by atoms with Crippen molar-refractivity contribution in [2.24, 2.45) is 50.7 Å². The summed E-state index contributed by atoms with van der Waals surface area (Å²) in [6, 6.07) is 0. The van der Waals surface area contributed by atoms with Crippen LogP contribution in [0, 0.1) is 50.7 Å². The second kappa shape index (κ2) is 7.95. The number of ether oxygens (including phenoxy) is 3. The van der Waals surface area contributed by atoms with Gasteiger partial charge in [0, 0.05) is 17.9 Å². The fraction of sp³-hybridized carbons (Fsp3) is 0.900. The van der Waals surface area contributed by atoms with Gasteiger partial charge in [-0.25, -0.2) is 0 Å². The monoisotopic (exact) mass is 500 g/mol. The van der Waals surface area contributed by atoms with Gasteiger partial charge < -0.3 is 19.0 Å². The second-order valence-electron chi connectivity index (χ2n) is 14.2. The summed E-state index contributed by atoms with van der Waals surface area (Å²) in [6.45, 7) is 12.3. The Kier molecular flexibility index (Phi) is 5.56. The standard InChI is InChI=1S/C30H44O6/c1-18-9-14-35-24-23(18)27(4)11-12-30-17-29(30)10-8-21(36-22(16-32)34-15-13-31)26(2,3)19(29)6-7-20(30)28(27,5)25(24)33/h13,16,18-24H,6-12,14-15,17H2,1-5H3/t18-,19+,20?,21+,22+,23+,24?,27-,28-,29-,30?/m1/s1. The zero-order valence-corrected chi connectivity index (χ0v) is 22.7. The molecule has 5 aliphatic carbocycles. The van der Waals surface area contributed by atoms with E-state index in [1.807, 2.05) is 0 Å². The van der Waals surface area contributed by atoms with Crippen LogP contribution < -0.4 is 0 Å². The lowest BCUT2D eigenvalue weighted by atomic mass is 9.41. The minimum Gasteiger partial charge on any atom is -0.370 e. The van der Waals surface area contributed by atoms with Crippen LogP contribution in [0.5, 0.6) is 0 Å². The van der Waals surface area contributed by atoms with Crippen molar-refractivity contribution in [1.29, 1.82) is 0 Å². The topological polar surface area (TPSA) is 78.9 Å². The summed E-state index contributed by atoms with van der Waals surface area (Å²) in [4.78, 5) is 36.5. The summed E-state index contributed by atoms with van der Waals surface area (Å²) in [7, 11) is 0. The highest BCUT2D eigenvalue weighted by Gasteiger charge is 2.84. The summed E-state index contributed by atoms with van der Waals surface area (Å²) >= 11 is 0. The van der Waals surface area contributed by atoms with Gasteiger partial charge >= 0.3 is 0 Å². The molecule has 6 fully saturated rings. The minimum atomic E-state index is -0.992. The summed E-state index contributed by atoms with van der Waals surface area (Å²) in [5.74, 6) is 2.22. The van der Waals surface area contributed by atoms with Crippen molar-refractivity contribution in [3.05, 3.63) is 0 Å². The van der Waals surface area contributed by atoms with Gasteiger partial charge in [0.25, 0.3) is 0 Å². The van der Waals surface area contributed by atoms with Crippen LogP contribution in [0.15, 0.2) is 0 Å². The molecule has 1 saturated heterocycles. The normalized spacial score (nSPS) is 53.2. The molecule has 1 aliphatic heterocycles. The summed E-state index contributed by atoms with van der Waals surface area (Å²) in [5.41, 5.74) is 0.118. The van der Waals surface area contributed by atoms with Crippen LogP contribution in [0.2, 0.25) is 0 Å². The van der Waals surface area contributed by atoms with Gasteiger partial charge in [0.1, 0.15) is 19.0 Å². The van der Waals surface area contributed by atoms with E-state index in [1.165, 1.54) is 12.8 Å². The first-order valence-electron chi connectivity index (χ1n) is 14.4. The van der Waals surface area contributed by atoms with Gasteiger partial charge in [-0.15, -0.1) is 0 Å². The zero-order valence-electron chi connectivity index (χ0n) is 22.7. The number of fused-ring (bicyclic) bond motifs is 4. The van der Waals surface area contributed by atoms with Crippen LogP contribution in [-0.2, 0) is 28.6 Å². The maximum absolute atomic E-state index is 14.2. The number of Topliss-reactive ketones (excluding diaryl/α,β-unsaturated/α-hetero) is 1. The summed E-state index contributed by atoms with van der Waals surface area (Å²) < 4.78 is 17.7. The molecule has 3 unspecified atom stereocenters. The van der Waals surface area contributed by atoms with E-state index in [0.29, 0.717) is 42.0 Å². The Bertz CT molecular complexity index is 961. The van der Waals surface area contributed by atoms with E-state index in [9.17, 15) is 14.4 Å². The molecule has 6 rings (SSSR count). The average molecular weight is 501 g/mol. The Morgan fingerprint density at radius 1 is 1.00 bits per heavy atom. The van der Waals surface area contributed by atoms with E-state index in [0.717, 1.165) is 45.1 Å². The third kappa shape index (κ3) is 2.82. The Morgan fingerprint density at radius 3 is 2.44 bits per heavy atom.